The minimum absolute atomic E-state index is 0.184. The first kappa shape index (κ1) is 15.1. The Morgan fingerprint density at radius 1 is 1.32 bits per heavy atom. The summed E-state index contributed by atoms with van der Waals surface area (Å²) in [6.07, 6.45) is 0.236. The van der Waals surface area contributed by atoms with Crippen molar-refractivity contribution < 1.29 is 18.7 Å². The van der Waals surface area contributed by atoms with Crippen molar-refractivity contribution in [3.63, 3.8) is 0 Å². The molecule has 1 aromatic rings. The monoisotopic (exact) mass is 267 g/mol. The van der Waals surface area contributed by atoms with E-state index in [2.05, 4.69) is 5.32 Å². The summed E-state index contributed by atoms with van der Waals surface area (Å²) in [6.45, 7) is 5.34. The molecule has 1 aromatic carbocycles. The first-order valence-electron chi connectivity index (χ1n) is 5.97. The molecule has 1 amide bonds. The van der Waals surface area contributed by atoms with Crippen LogP contribution in [0.2, 0.25) is 0 Å². The fourth-order valence-electron chi connectivity index (χ4n) is 1.39. The van der Waals surface area contributed by atoms with Crippen LogP contribution in [0.5, 0.6) is 0 Å². The second kappa shape index (κ2) is 6.31. The Bertz CT molecular complexity index is 466. The van der Waals surface area contributed by atoms with Crippen molar-refractivity contribution >= 4 is 17.6 Å². The highest BCUT2D eigenvalue weighted by molar-refractivity contribution is 5.92. The van der Waals surface area contributed by atoms with Gasteiger partial charge in [0.25, 0.3) is 5.91 Å². The highest BCUT2D eigenvalue weighted by atomic mass is 19.1. The summed E-state index contributed by atoms with van der Waals surface area (Å²) in [5, 5.41) is 2.44. The minimum atomic E-state index is -0.493. The van der Waals surface area contributed by atoms with Crippen LogP contribution in [0.3, 0.4) is 0 Å². The standard InChI is InChI=1S/C14H18FNO3/c1-14(2,3)8-13(18)19-9-12(17)16-11-6-4-5-10(15)7-11/h4-7H,8-9H2,1-3H3,(H,16,17). The summed E-state index contributed by atoms with van der Waals surface area (Å²) in [7, 11) is 0. The van der Waals surface area contributed by atoms with Gasteiger partial charge in [-0.1, -0.05) is 26.8 Å². The van der Waals surface area contributed by atoms with Crippen molar-refractivity contribution in [3.05, 3.63) is 30.1 Å². The molecule has 0 unspecified atom stereocenters. The number of carbonyl (C=O) groups excluding carboxylic acids is 2. The van der Waals surface area contributed by atoms with Crippen molar-refractivity contribution in [2.75, 3.05) is 11.9 Å². The van der Waals surface area contributed by atoms with Gasteiger partial charge in [-0.3, -0.25) is 9.59 Å². The van der Waals surface area contributed by atoms with Gasteiger partial charge in [0.1, 0.15) is 5.82 Å². The molecule has 4 nitrogen and oxygen atoms in total. The smallest absolute Gasteiger partial charge is 0.306 e. The topological polar surface area (TPSA) is 55.4 Å². The fourth-order valence-corrected chi connectivity index (χ4v) is 1.39. The summed E-state index contributed by atoms with van der Waals surface area (Å²) < 4.78 is 17.7. The average molecular weight is 267 g/mol. The Morgan fingerprint density at radius 3 is 2.58 bits per heavy atom. The van der Waals surface area contributed by atoms with Crippen LogP contribution in [0.15, 0.2) is 24.3 Å². The lowest BCUT2D eigenvalue weighted by Crippen LogP contribution is -2.23. The van der Waals surface area contributed by atoms with Crippen molar-refractivity contribution in [1.29, 1.82) is 0 Å². The maximum absolute atomic E-state index is 12.9. The Balaban J connectivity index is 2.38. The molecule has 1 rings (SSSR count). The van der Waals surface area contributed by atoms with E-state index in [9.17, 15) is 14.0 Å². The summed E-state index contributed by atoms with van der Waals surface area (Å²) in [4.78, 5) is 22.9. The molecule has 0 spiro atoms. The van der Waals surface area contributed by atoms with Crippen LogP contribution in [-0.2, 0) is 14.3 Å². The number of hydrogen-bond donors (Lipinski definition) is 1. The summed E-state index contributed by atoms with van der Waals surface area (Å²) in [6, 6.07) is 5.50. The molecule has 0 aliphatic rings. The van der Waals surface area contributed by atoms with Crippen LogP contribution in [-0.4, -0.2) is 18.5 Å². The molecule has 1 N–H and O–H groups in total. The molecular weight excluding hydrogens is 249 g/mol. The molecule has 0 fully saturated rings. The van der Waals surface area contributed by atoms with Gasteiger partial charge in [-0.25, -0.2) is 4.39 Å². The van der Waals surface area contributed by atoms with E-state index < -0.39 is 17.7 Å². The predicted molar refractivity (Wildman–Crippen MR) is 70.1 cm³/mol. The van der Waals surface area contributed by atoms with Gasteiger partial charge >= 0.3 is 5.97 Å². The number of ether oxygens (including phenoxy) is 1. The normalized spacial score (nSPS) is 10.9. The molecule has 0 bridgehead atoms. The molecule has 0 saturated carbocycles. The van der Waals surface area contributed by atoms with Crippen molar-refractivity contribution in [3.8, 4) is 0 Å². The van der Waals surface area contributed by atoms with Gasteiger partial charge in [0, 0.05) is 5.69 Å². The number of carbonyl (C=O) groups is 2. The van der Waals surface area contributed by atoms with Crippen molar-refractivity contribution in [1.82, 2.24) is 0 Å². The van der Waals surface area contributed by atoms with E-state index in [1.54, 1.807) is 6.07 Å². The Labute approximate surface area is 112 Å². The van der Waals surface area contributed by atoms with E-state index >= 15 is 0 Å². The number of halogens is 1. The number of benzene rings is 1. The van der Waals surface area contributed by atoms with E-state index in [4.69, 9.17) is 4.74 Å². The van der Waals surface area contributed by atoms with Gasteiger partial charge in [-0.2, -0.15) is 0 Å². The van der Waals surface area contributed by atoms with Crippen LogP contribution in [0.1, 0.15) is 27.2 Å². The molecule has 104 valence electrons. The van der Waals surface area contributed by atoms with Crippen LogP contribution in [0, 0.1) is 11.2 Å². The minimum Gasteiger partial charge on any atom is -0.456 e. The molecule has 0 saturated heterocycles. The molecule has 19 heavy (non-hydrogen) atoms. The van der Waals surface area contributed by atoms with Crippen LogP contribution >= 0.6 is 0 Å². The zero-order valence-corrected chi connectivity index (χ0v) is 11.3. The zero-order valence-electron chi connectivity index (χ0n) is 11.3. The van der Waals surface area contributed by atoms with E-state index in [0.717, 1.165) is 0 Å². The lowest BCUT2D eigenvalue weighted by atomic mass is 9.93. The maximum Gasteiger partial charge on any atom is 0.306 e. The Kier molecular flexibility index (Phi) is 5.03. The van der Waals surface area contributed by atoms with E-state index in [-0.39, 0.29) is 18.4 Å². The summed E-state index contributed by atoms with van der Waals surface area (Å²) >= 11 is 0. The molecule has 0 aliphatic carbocycles. The third-order valence-electron chi connectivity index (χ3n) is 2.15. The van der Waals surface area contributed by atoms with Gasteiger partial charge in [0.2, 0.25) is 0 Å². The largest absolute Gasteiger partial charge is 0.456 e. The Hall–Kier alpha value is -1.91. The number of nitrogens with one attached hydrogen (secondary N) is 1. The van der Waals surface area contributed by atoms with E-state index in [1.807, 2.05) is 20.8 Å². The van der Waals surface area contributed by atoms with Crippen LogP contribution in [0.25, 0.3) is 0 Å². The summed E-state index contributed by atoms with van der Waals surface area (Å²) in [5.74, 6) is -1.36. The second-order valence-corrected chi connectivity index (χ2v) is 5.46. The molecule has 5 heteroatoms. The number of amides is 1. The molecule has 0 radical (unpaired) electrons. The SMILES string of the molecule is CC(C)(C)CC(=O)OCC(=O)Nc1cccc(F)c1. The lowest BCUT2D eigenvalue weighted by Gasteiger charge is -2.16. The van der Waals surface area contributed by atoms with E-state index in [1.165, 1.54) is 18.2 Å². The van der Waals surface area contributed by atoms with E-state index in [0.29, 0.717) is 5.69 Å². The molecular formula is C14H18FNO3. The van der Waals surface area contributed by atoms with Gasteiger partial charge in [0.15, 0.2) is 6.61 Å². The van der Waals surface area contributed by atoms with Gasteiger partial charge in [-0.05, 0) is 23.6 Å². The first-order valence-corrected chi connectivity index (χ1v) is 5.97. The first-order chi connectivity index (χ1) is 8.76. The van der Waals surface area contributed by atoms with Gasteiger partial charge in [-0.15, -0.1) is 0 Å². The fraction of sp³-hybridized carbons (Fsp3) is 0.429. The van der Waals surface area contributed by atoms with Gasteiger partial charge < -0.3 is 10.1 Å². The third kappa shape index (κ3) is 6.55. The quantitative estimate of drug-likeness (QED) is 0.853. The number of hydrogen-bond acceptors (Lipinski definition) is 3. The Morgan fingerprint density at radius 2 is 2.00 bits per heavy atom. The summed E-state index contributed by atoms with van der Waals surface area (Å²) in [5.41, 5.74) is 0.146. The van der Waals surface area contributed by atoms with Crippen molar-refractivity contribution in [2.45, 2.75) is 27.2 Å². The predicted octanol–water partition coefficient (Wildman–Crippen LogP) is 2.74. The molecule has 0 aromatic heterocycles. The average Bonchev–Trinajstić information content (AvgIpc) is 2.24. The van der Waals surface area contributed by atoms with Crippen molar-refractivity contribution in [2.24, 2.45) is 5.41 Å². The number of esters is 1. The molecule has 0 aliphatic heterocycles. The van der Waals surface area contributed by atoms with Crippen LogP contribution in [0.4, 0.5) is 10.1 Å². The van der Waals surface area contributed by atoms with Crippen LogP contribution < -0.4 is 5.32 Å². The third-order valence-corrected chi connectivity index (χ3v) is 2.15. The molecule has 0 atom stereocenters. The number of anilines is 1. The van der Waals surface area contributed by atoms with Gasteiger partial charge in [0.05, 0.1) is 6.42 Å². The highest BCUT2D eigenvalue weighted by Crippen LogP contribution is 2.18. The highest BCUT2D eigenvalue weighted by Gasteiger charge is 2.17. The molecule has 0 heterocycles. The number of rotatable bonds is 4. The maximum atomic E-state index is 12.9. The zero-order chi connectivity index (χ0) is 14.5. The lowest BCUT2D eigenvalue weighted by molar-refractivity contribution is -0.149. The second-order valence-electron chi connectivity index (χ2n) is 5.46.